The first-order chi connectivity index (χ1) is 14.6. The van der Waals surface area contributed by atoms with E-state index in [1.54, 1.807) is 0 Å². The summed E-state index contributed by atoms with van der Waals surface area (Å²) in [6, 6.07) is 8.23. The van der Waals surface area contributed by atoms with Crippen molar-refractivity contribution in [3.05, 3.63) is 51.4 Å². The minimum atomic E-state index is -0.262. The maximum absolute atomic E-state index is 12.6. The molecule has 3 rings (SSSR count). The fraction of sp³-hybridized carbons (Fsp3) is 0.583. The smallest absolute Gasteiger partial charge is 0.255 e. The number of anilines is 1. The zero-order valence-electron chi connectivity index (χ0n) is 18.8. The Morgan fingerprint density at radius 2 is 2.07 bits per heavy atom. The summed E-state index contributed by atoms with van der Waals surface area (Å²) in [4.78, 5) is 22.6. The second-order valence-corrected chi connectivity index (χ2v) is 8.12. The normalized spacial score (nSPS) is 16.9. The first-order valence-electron chi connectivity index (χ1n) is 11.4. The van der Waals surface area contributed by atoms with E-state index >= 15 is 0 Å². The molecule has 0 amide bonds. The van der Waals surface area contributed by atoms with E-state index in [0.717, 1.165) is 68.7 Å². The molecule has 1 heterocycles. The summed E-state index contributed by atoms with van der Waals surface area (Å²) in [6.07, 6.45) is 4.41. The van der Waals surface area contributed by atoms with Crippen LogP contribution in [0.1, 0.15) is 63.8 Å². The molecule has 1 aliphatic rings. The molecule has 2 unspecified atom stereocenters. The van der Waals surface area contributed by atoms with Gasteiger partial charge >= 0.3 is 0 Å². The Morgan fingerprint density at radius 1 is 1.27 bits per heavy atom. The van der Waals surface area contributed by atoms with E-state index < -0.39 is 0 Å². The minimum absolute atomic E-state index is 0.0169. The molecule has 0 saturated heterocycles. The summed E-state index contributed by atoms with van der Waals surface area (Å²) in [5, 5.41) is 3.28. The molecule has 6 nitrogen and oxygen atoms in total. The second-order valence-electron chi connectivity index (χ2n) is 8.12. The fourth-order valence-corrected chi connectivity index (χ4v) is 4.06. The van der Waals surface area contributed by atoms with Crippen LogP contribution >= 0.6 is 0 Å². The van der Waals surface area contributed by atoms with E-state index in [2.05, 4.69) is 55.0 Å². The number of aromatic amines is 1. The quantitative estimate of drug-likeness (QED) is 0.568. The van der Waals surface area contributed by atoms with Gasteiger partial charge in [-0.1, -0.05) is 46.2 Å². The van der Waals surface area contributed by atoms with Crippen molar-refractivity contribution in [1.82, 2.24) is 14.9 Å². The van der Waals surface area contributed by atoms with E-state index in [9.17, 15) is 4.79 Å². The number of H-pyrrole nitrogens is 1. The van der Waals surface area contributed by atoms with E-state index in [-0.39, 0.29) is 11.8 Å². The molecule has 0 fully saturated rings. The van der Waals surface area contributed by atoms with Crippen LogP contribution in [0.3, 0.4) is 0 Å². The third kappa shape index (κ3) is 5.63. The molecule has 0 aliphatic heterocycles. The lowest BCUT2D eigenvalue weighted by molar-refractivity contribution is 0.223. The third-order valence-corrected chi connectivity index (χ3v) is 6.11. The van der Waals surface area contributed by atoms with Crippen LogP contribution in [-0.4, -0.2) is 34.2 Å². The van der Waals surface area contributed by atoms with Crippen molar-refractivity contribution < 1.29 is 4.74 Å². The van der Waals surface area contributed by atoms with Gasteiger partial charge in [0, 0.05) is 18.5 Å². The number of nitrogens with zero attached hydrogens (tertiary/aromatic N) is 2. The van der Waals surface area contributed by atoms with Gasteiger partial charge in [0.15, 0.2) is 6.23 Å². The van der Waals surface area contributed by atoms with Crippen LogP contribution in [0.5, 0.6) is 5.75 Å². The molecule has 30 heavy (non-hydrogen) atoms. The van der Waals surface area contributed by atoms with E-state index in [0.29, 0.717) is 11.9 Å². The van der Waals surface area contributed by atoms with Gasteiger partial charge in [-0.2, -0.15) is 0 Å². The molecule has 1 aliphatic carbocycles. The van der Waals surface area contributed by atoms with Crippen LogP contribution in [0.2, 0.25) is 0 Å². The van der Waals surface area contributed by atoms with Crippen molar-refractivity contribution in [2.45, 2.75) is 72.6 Å². The molecular weight excluding hydrogens is 376 g/mol. The number of benzene rings is 1. The summed E-state index contributed by atoms with van der Waals surface area (Å²) in [6.45, 7) is 11.6. The van der Waals surface area contributed by atoms with Crippen molar-refractivity contribution in [2.24, 2.45) is 5.92 Å². The maximum atomic E-state index is 12.6. The van der Waals surface area contributed by atoms with Crippen molar-refractivity contribution in [2.75, 3.05) is 18.4 Å². The molecule has 0 bridgehead atoms. The highest BCUT2D eigenvalue weighted by atomic mass is 16.5. The van der Waals surface area contributed by atoms with Crippen molar-refractivity contribution >= 4 is 5.95 Å². The van der Waals surface area contributed by atoms with Gasteiger partial charge in [-0.25, -0.2) is 4.98 Å². The van der Waals surface area contributed by atoms with Gasteiger partial charge in [0.2, 0.25) is 5.95 Å². The average Bonchev–Trinajstić information content (AvgIpc) is 2.77. The lowest BCUT2D eigenvalue weighted by Crippen LogP contribution is -2.31. The molecule has 0 radical (unpaired) electrons. The average molecular weight is 413 g/mol. The van der Waals surface area contributed by atoms with Crippen LogP contribution in [0.4, 0.5) is 5.95 Å². The van der Waals surface area contributed by atoms with Gasteiger partial charge in [0.1, 0.15) is 5.75 Å². The van der Waals surface area contributed by atoms with Crippen LogP contribution in [0.15, 0.2) is 29.1 Å². The van der Waals surface area contributed by atoms with Gasteiger partial charge in [-0.05, 0) is 56.0 Å². The molecule has 2 aromatic rings. The number of rotatable bonds is 10. The number of ether oxygens (including phenoxy) is 1. The van der Waals surface area contributed by atoms with E-state index in [4.69, 9.17) is 9.72 Å². The molecule has 1 aromatic heterocycles. The second kappa shape index (κ2) is 10.6. The molecule has 1 aromatic carbocycles. The number of hydrogen-bond acceptors (Lipinski definition) is 5. The first kappa shape index (κ1) is 22.3. The standard InChI is InChI=1S/C24H36N4O2/c1-5-17-12-13-21-20(15-17)23(29)27-24(25-21)26-22(6-2)30-19-11-9-10-18(14-19)16-28(7-3)8-4/h9-11,14,17,22H,5-8,12-13,15-16H2,1-4H3,(H2,25,26,27,29). The van der Waals surface area contributed by atoms with Gasteiger partial charge < -0.3 is 10.1 Å². The van der Waals surface area contributed by atoms with Crippen LogP contribution in [0, 0.1) is 5.92 Å². The number of nitrogens with one attached hydrogen (secondary N) is 2. The van der Waals surface area contributed by atoms with Crippen LogP contribution in [-0.2, 0) is 19.4 Å². The van der Waals surface area contributed by atoms with Crippen molar-refractivity contribution in [1.29, 1.82) is 0 Å². The largest absolute Gasteiger partial charge is 0.471 e. The lowest BCUT2D eigenvalue weighted by atomic mass is 9.86. The Hall–Kier alpha value is -2.34. The number of aryl methyl sites for hydroxylation is 1. The van der Waals surface area contributed by atoms with Crippen LogP contribution in [0.25, 0.3) is 0 Å². The topological polar surface area (TPSA) is 70.2 Å². The highest BCUT2D eigenvalue weighted by molar-refractivity contribution is 5.33. The Bertz CT molecular complexity index is 876. The Labute approximate surface area is 180 Å². The number of hydrogen-bond donors (Lipinski definition) is 2. The molecular formula is C24H36N4O2. The molecule has 0 spiro atoms. The molecule has 0 saturated carbocycles. The van der Waals surface area contributed by atoms with Crippen molar-refractivity contribution in [3.8, 4) is 5.75 Å². The monoisotopic (exact) mass is 412 g/mol. The third-order valence-electron chi connectivity index (χ3n) is 6.11. The van der Waals surface area contributed by atoms with Crippen molar-refractivity contribution in [3.63, 3.8) is 0 Å². The maximum Gasteiger partial charge on any atom is 0.255 e. The lowest BCUT2D eigenvalue weighted by Gasteiger charge is -2.24. The van der Waals surface area contributed by atoms with Gasteiger partial charge in [-0.3, -0.25) is 14.7 Å². The van der Waals surface area contributed by atoms with E-state index in [1.807, 2.05) is 12.1 Å². The summed E-state index contributed by atoms with van der Waals surface area (Å²) >= 11 is 0. The molecule has 6 heteroatoms. The predicted octanol–water partition coefficient (Wildman–Crippen LogP) is 4.35. The summed E-state index contributed by atoms with van der Waals surface area (Å²) in [7, 11) is 0. The highest BCUT2D eigenvalue weighted by Gasteiger charge is 2.22. The Balaban J connectivity index is 1.69. The SMILES string of the molecule is CCC1CCc2nc(NC(CC)Oc3cccc(CN(CC)CC)c3)[nH]c(=O)c2C1. The fourth-order valence-electron chi connectivity index (χ4n) is 4.06. The molecule has 2 N–H and O–H groups in total. The van der Waals surface area contributed by atoms with Gasteiger partial charge in [0.05, 0.1) is 5.69 Å². The predicted molar refractivity (Wildman–Crippen MR) is 122 cm³/mol. The van der Waals surface area contributed by atoms with E-state index in [1.165, 1.54) is 5.56 Å². The summed E-state index contributed by atoms with van der Waals surface area (Å²) in [5.74, 6) is 1.92. The Kier molecular flexibility index (Phi) is 7.91. The highest BCUT2D eigenvalue weighted by Crippen LogP contribution is 2.25. The van der Waals surface area contributed by atoms with Gasteiger partial charge in [0.25, 0.3) is 5.56 Å². The minimum Gasteiger partial charge on any atom is -0.471 e. The van der Waals surface area contributed by atoms with Gasteiger partial charge in [-0.15, -0.1) is 0 Å². The number of aromatic nitrogens is 2. The summed E-state index contributed by atoms with van der Waals surface area (Å²) in [5.41, 5.74) is 3.01. The first-order valence-corrected chi connectivity index (χ1v) is 11.4. The number of fused-ring (bicyclic) bond motifs is 1. The molecule has 2 atom stereocenters. The summed E-state index contributed by atoms with van der Waals surface area (Å²) < 4.78 is 6.18. The van der Waals surface area contributed by atoms with Crippen LogP contribution < -0.4 is 15.6 Å². The molecule has 164 valence electrons. The Morgan fingerprint density at radius 3 is 2.77 bits per heavy atom. The zero-order chi connectivity index (χ0) is 21.5. The zero-order valence-corrected chi connectivity index (χ0v) is 18.8.